The van der Waals surface area contributed by atoms with Crippen LogP contribution >= 0.6 is 0 Å². The number of fused-ring (bicyclic) bond motifs is 1. The molecule has 0 atom stereocenters. The van der Waals surface area contributed by atoms with E-state index in [1.165, 1.54) is 28.4 Å². The molecule has 1 amide bonds. The molecule has 3 aromatic heterocycles. The molecule has 2 aliphatic heterocycles. The summed E-state index contributed by atoms with van der Waals surface area (Å²) in [7, 11) is 0. The molecule has 2 aliphatic rings. The van der Waals surface area contributed by atoms with Crippen molar-refractivity contribution in [3.05, 3.63) is 66.8 Å². The first kappa shape index (κ1) is 22.8. The number of Topliss-reactive ketones (excluding diaryl/α,β-unsaturated/α-hetero) is 1. The summed E-state index contributed by atoms with van der Waals surface area (Å²) >= 11 is 0. The highest BCUT2D eigenvalue weighted by Crippen LogP contribution is 2.26. The summed E-state index contributed by atoms with van der Waals surface area (Å²) in [5.74, 6) is -0.954. The Kier molecular flexibility index (Phi) is 5.83. The summed E-state index contributed by atoms with van der Waals surface area (Å²) < 4.78 is 16.1. The van der Waals surface area contributed by atoms with Crippen molar-refractivity contribution >= 4 is 34.2 Å². The SMILES string of the molecule is O=C(C(=O)N1CCN(C2=NCCCN2c2ccccc2)CC1)c1c[nH]c2c(-n3cncn3)ncc(F)c12. The number of guanidine groups is 1. The number of halogens is 1. The summed E-state index contributed by atoms with van der Waals surface area (Å²) in [5.41, 5.74) is 1.31. The normalized spacial score (nSPS) is 16.2. The molecular weight excluding hydrogens is 477 g/mol. The van der Waals surface area contributed by atoms with Gasteiger partial charge in [0.05, 0.1) is 22.7 Å². The van der Waals surface area contributed by atoms with E-state index in [4.69, 9.17) is 4.99 Å². The van der Waals surface area contributed by atoms with Gasteiger partial charge in [-0.2, -0.15) is 5.10 Å². The van der Waals surface area contributed by atoms with E-state index in [-0.39, 0.29) is 22.3 Å². The van der Waals surface area contributed by atoms with Gasteiger partial charge in [-0.25, -0.2) is 19.0 Å². The monoisotopic (exact) mass is 501 g/mol. The number of nitrogens with zero attached hydrogens (tertiary/aromatic N) is 8. The topological polar surface area (TPSA) is 116 Å². The molecule has 1 N–H and O–H groups in total. The van der Waals surface area contributed by atoms with Gasteiger partial charge >= 0.3 is 0 Å². The van der Waals surface area contributed by atoms with Crippen molar-refractivity contribution in [3.63, 3.8) is 0 Å². The van der Waals surface area contributed by atoms with E-state index in [9.17, 15) is 14.0 Å². The molecule has 4 aromatic rings. The number of hydrogen-bond acceptors (Lipinski definition) is 8. The quantitative estimate of drug-likeness (QED) is 0.335. The van der Waals surface area contributed by atoms with Gasteiger partial charge in [-0.1, -0.05) is 18.2 Å². The smallest absolute Gasteiger partial charge is 0.295 e. The number of H-pyrrole nitrogens is 1. The first-order valence-electron chi connectivity index (χ1n) is 12.1. The second-order valence-electron chi connectivity index (χ2n) is 8.85. The van der Waals surface area contributed by atoms with E-state index >= 15 is 0 Å². The summed E-state index contributed by atoms with van der Waals surface area (Å²) in [6, 6.07) is 10.1. The van der Waals surface area contributed by atoms with Gasteiger partial charge in [0.1, 0.15) is 12.7 Å². The Hall–Kier alpha value is -4.61. The fourth-order valence-electron chi connectivity index (χ4n) is 4.85. The number of pyridine rings is 1. The molecule has 0 radical (unpaired) electrons. The molecule has 0 aliphatic carbocycles. The van der Waals surface area contributed by atoms with Crippen molar-refractivity contribution < 1.29 is 14.0 Å². The van der Waals surface area contributed by atoms with Gasteiger partial charge in [0, 0.05) is 51.2 Å². The standard InChI is InChI=1S/C25H24FN9O2/c26-19-14-30-23(35-16-27-15-31-35)21-20(19)18(13-29-21)22(36)24(37)32-9-11-33(12-10-32)25-28-7-4-8-34(25)17-5-2-1-3-6-17/h1-3,5-6,13-16,29H,4,7-12H2. The summed E-state index contributed by atoms with van der Waals surface area (Å²) in [6.07, 6.45) is 6.08. The fraction of sp³-hybridized carbons (Fsp3) is 0.280. The van der Waals surface area contributed by atoms with Crippen molar-refractivity contribution in [1.29, 1.82) is 0 Å². The number of rotatable bonds is 4. The number of ketones is 1. The van der Waals surface area contributed by atoms with Crippen molar-refractivity contribution in [1.82, 2.24) is 34.5 Å². The Labute approximate surface area is 211 Å². The first-order chi connectivity index (χ1) is 18.1. The van der Waals surface area contributed by atoms with Crippen molar-refractivity contribution in [2.24, 2.45) is 4.99 Å². The summed E-state index contributed by atoms with van der Waals surface area (Å²) in [5, 5.41) is 4.03. The average molecular weight is 502 g/mol. The molecule has 37 heavy (non-hydrogen) atoms. The van der Waals surface area contributed by atoms with Gasteiger partial charge in [0.15, 0.2) is 11.6 Å². The van der Waals surface area contributed by atoms with Crippen molar-refractivity contribution in [3.8, 4) is 5.82 Å². The van der Waals surface area contributed by atoms with Crippen LogP contribution in [-0.2, 0) is 4.79 Å². The lowest BCUT2D eigenvalue weighted by atomic mass is 10.1. The van der Waals surface area contributed by atoms with Gasteiger partial charge in [-0.05, 0) is 18.6 Å². The number of carbonyl (C=O) groups excluding carboxylic acids is 2. The van der Waals surface area contributed by atoms with Crippen LogP contribution in [0.5, 0.6) is 0 Å². The molecule has 0 bridgehead atoms. The number of nitrogens with one attached hydrogen (secondary N) is 1. The predicted octanol–water partition coefficient (Wildman–Crippen LogP) is 1.88. The maximum Gasteiger partial charge on any atom is 0.295 e. The highest BCUT2D eigenvalue weighted by atomic mass is 19.1. The van der Waals surface area contributed by atoms with Crippen LogP contribution in [-0.4, -0.2) is 91.5 Å². The van der Waals surface area contributed by atoms with Crippen LogP contribution < -0.4 is 4.90 Å². The lowest BCUT2D eigenvalue weighted by molar-refractivity contribution is -0.127. The zero-order valence-corrected chi connectivity index (χ0v) is 19.9. The fourth-order valence-corrected chi connectivity index (χ4v) is 4.85. The number of piperazine rings is 1. The number of carbonyl (C=O) groups is 2. The summed E-state index contributed by atoms with van der Waals surface area (Å²) in [6.45, 7) is 3.45. The van der Waals surface area contributed by atoms with E-state index in [0.29, 0.717) is 26.2 Å². The Morgan fingerprint density at radius 2 is 1.84 bits per heavy atom. The molecule has 0 unspecified atom stereocenters. The molecule has 12 heteroatoms. The third kappa shape index (κ3) is 4.09. The Balaban J connectivity index is 1.19. The largest absolute Gasteiger partial charge is 0.357 e. The number of hydrogen-bond donors (Lipinski definition) is 1. The summed E-state index contributed by atoms with van der Waals surface area (Å²) in [4.78, 5) is 47.8. The van der Waals surface area contributed by atoms with Gasteiger partial charge in [0.2, 0.25) is 5.96 Å². The van der Waals surface area contributed by atoms with Crippen molar-refractivity contribution in [2.45, 2.75) is 6.42 Å². The number of anilines is 1. The third-order valence-corrected chi connectivity index (χ3v) is 6.67. The lowest BCUT2D eigenvalue weighted by Gasteiger charge is -2.41. The predicted molar refractivity (Wildman–Crippen MR) is 134 cm³/mol. The van der Waals surface area contributed by atoms with Crippen LogP contribution in [0.15, 0.2) is 60.4 Å². The van der Waals surface area contributed by atoms with Crippen LogP contribution in [0.1, 0.15) is 16.8 Å². The number of amides is 1. The highest BCUT2D eigenvalue weighted by molar-refractivity contribution is 6.45. The Morgan fingerprint density at radius 3 is 2.59 bits per heavy atom. The zero-order valence-electron chi connectivity index (χ0n) is 19.9. The number of para-hydroxylation sites is 1. The molecule has 1 aromatic carbocycles. The van der Waals surface area contributed by atoms with Crippen LogP contribution in [0.2, 0.25) is 0 Å². The number of aromatic amines is 1. The number of aliphatic imine (C=N–C) groups is 1. The second kappa shape index (κ2) is 9.45. The first-order valence-corrected chi connectivity index (χ1v) is 12.1. The van der Waals surface area contributed by atoms with Crippen LogP contribution in [0, 0.1) is 5.82 Å². The minimum Gasteiger partial charge on any atom is -0.357 e. The maximum absolute atomic E-state index is 14.8. The van der Waals surface area contributed by atoms with Gasteiger partial charge < -0.3 is 19.7 Å². The number of aromatic nitrogens is 5. The zero-order chi connectivity index (χ0) is 25.4. The van der Waals surface area contributed by atoms with Gasteiger partial charge in [-0.3, -0.25) is 14.6 Å². The molecule has 6 rings (SSSR count). The molecule has 0 spiro atoms. The van der Waals surface area contributed by atoms with E-state index in [1.807, 2.05) is 18.2 Å². The molecule has 188 valence electrons. The minimum absolute atomic E-state index is 0.00699. The van der Waals surface area contributed by atoms with Crippen LogP contribution in [0.4, 0.5) is 10.1 Å². The van der Waals surface area contributed by atoms with Gasteiger partial charge in [-0.15, -0.1) is 0 Å². The molecular formula is C25H24FN9O2. The minimum atomic E-state index is -0.768. The molecule has 0 saturated carbocycles. The average Bonchev–Trinajstić information content (AvgIpc) is 3.65. The van der Waals surface area contributed by atoms with Crippen molar-refractivity contribution in [2.75, 3.05) is 44.2 Å². The van der Waals surface area contributed by atoms with E-state index < -0.39 is 17.5 Å². The van der Waals surface area contributed by atoms with Crippen LogP contribution in [0.3, 0.4) is 0 Å². The van der Waals surface area contributed by atoms with E-state index in [2.05, 4.69) is 42.0 Å². The molecule has 1 fully saturated rings. The molecule has 5 heterocycles. The molecule has 11 nitrogen and oxygen atoms in total. The maximum atomic E-state index is 14.8. The second-order valence-corrected chi connectivity index (χ2v) is 8.85. The lowest BCUT2D eigenvalue weighted by Crippen LogP contribution is -2.56. The Bertz CT molecular complexity index is 1470. The van der Waals surface area contributed by atoms with E-state index in [0.717, 1.165) is 37.4 Å². The van der Waals surface area contributed by atoms with Gasteiger partial charge in [0.25, 0.3) is 11.7 Å². The highest BCUT2D eigenvalue weighted by Gasteiger charge is 2.32. The van der Waals surface area contributed by atoms with Crippen LogP contribution in [0.25, 0.3) is 16.7 Å². The third-order valence-electron chi connectivity index (χ3n) is 6.67. The number of benzene rings is 1. The Morgan fingerprint density at radius 1 is 1.03 bits per heavy atom. The van der Waals surface area contributed by atoms with E-state index in [1.54, 1.807) is 0 Å². The molecule has 1 saturated heterocycles.